The van der Waals surface area contributed by atoms with Crippen molar-refractivity contribution in [3.8, 4) is 0 Å². The van der Waals surface area contributed by atoms with Crippen LogP contribution in [0, 0.1) is 5.92 Å². The molecule has 120 valence electrons. The molecule has 8 heteroatoms. The Kier molecular flexibility index (Phi) is 6.26. The van der Waals surface area contributed by atoms with E-state index in [2.05, 4.69) is 15.4 Å². The molecular weight excluding hydrogens is 278 g/mol. The smallest absolute Gasteiger partial charge is 0.407 e. The molecule has 21 heavy (non-hydrogen) atoms. The van der Waals surface area contributed by atoms with E-state index in [1.54, 1.807) is 0 Å². The Labute approximate surface area is 123 Å². The molecule has 8 nitrogen and oxygen atoms in total. The third-order valence-corrected chi connectivity index (χ3v) is 3.29. The second kappa shape index (κ2) is 7.70. The van der Waals surface area contributed by atoms with Crippen molar-refractivity contribution in [2.45, 2.75) is 38.8 Å². The van der Waals surface area contributed by atoms with Gasteiger partial charge in [-0.2, -0.15) is 0 Å². The van der Waals surface area contributed by atoms with Gasteiger partial charge in [0.1, 0.15) is 6.04 Å². The van der Waals surface area contributed by atoms with Crippen LogP contribution in [0.1, 0.15) is 26.7 Å². The minimum atomic E-state index is -1.04. The normalized spacial score (nSPS) is 19.2. The van der Waals surface area contributed by atoms with Crippen molar-refractivity contribution in [2.24, 2.45) is 5.92 Å². The van der Waals surface area contributed by atoms with Crippen LogP contribution in [0.3, 0.4) is 0 Å². The number of alkyl carbamates (subject to hydrolysis) is 1. The van der Waals surface area contributed by atoms with E-state index in [4.69, 9.17) is 5.11 Å². The number of aliphatic carboxylic acids is 1. The maximum Gasteiger partial charge on any atom is 0.407 e. The molecule has 0 aromatic carbocycles. The van der Waals surface area contributed by atoms with Crippen molar-refractivity contribution in [1.82, 2.24) is 15.5 Å². The van der Waals surface area contributed by atoms with Gasteiger partial charge in [0, 0.05) is 13.1 Å². The Bertz CT molecular complexity index is 399. The molecule has 0 aromatic rings. The molecule has 0 aliphatic carbocycles. The van der Waals surface area contributed by atoms with Gasteiger partial charge in [-0.3, -0.25) is 0 Å². The summed E-state index contributed by atoms with van der Waals surface area (Å²) in [6.45, 7) is 4.60. The van der Waals surface area contributed by atoms with Gasteiger partial charge in [-0.25, -0.2) is 14.4 Å². The fourth-order valence-corrected chi connectivity index (χ4v) is 2.22. The predicted molar refractivity (Wildman–Crippen MR) is 74.9 cm³/mol. The third-order valence-electron chi connectivity index (χ3n) is 3.29. The largest absolute Gasteiger partial charge is 0.480 e. The summed E-state index contributed by atoms with van der Waals surface area (Å²) in [5.41, 5.74) is 0. The van der Waals surface area contributed by atoms with Crippen LogP contribution in [-0.2, 0) is 9.53 Å². The second-order valence-corrected chi connectivity index (χ2v) is 5.54. The van der Waals surface area contributed by atoms with E-state index in [0.717, 1.165) is 0 Å². The topological polar surface area (TPSA) is 108 Å². The molecule has 1 fully saturated rings. The van der Waals surface area contributed by atoms with Crippen molar-refractivity contribution >= 4 is 18.1 Å². The number of carbonyl (C=O) groups is 3. The Hall–Kier alpha value is -1.99. The quantitative estimate of drug-likeness (QED) is 0.690. The van der Waals surface area contributed by atoms with E-state index in [9.17, 15) is 14.4 Å². The maximum atomic E-state index is 12.1. The Morgan fingerprint density at radius 1 is 1.38 bits per heavy atom. The number of nitrogens with one attached hydrogen (secondary N) is 2. The molecule has 2 atom stereocenters. The third kappa shape index (κ3) is 5.49. The van der Waals surface area contributed by atoms with Gasteiger partial charge in [-0.15, -0.1) is 0 Å². The average molecular weight is 301 g/mol. The zero-order chi connectivity index (χ0) is 16.0. The van der Waals surface area contributed by atoms with Gasteiger partial charge in [-0.1, -0.05) is 13.8 Å². The summed E-state index contributed by atoms with van der Waals surface area (Å²) in [5.74, 6) is -0.876. The number of hydrogen-bond donors (Lipinski definition) is 3. The second-order valence-electron chi connectivity index (χ2n) is 5.54. The van der Waals surface area contributed by atoms with Gasteiger partial charge in [0.05, 0.1) is 13.2 Å². The van der Waals surface area contributed by atoms with Crippen LogP contribution in [0.15, 0.2) is 0 Å². The lowest BCUT2D eigenvalue weighted by molar-refractivity contribution is -0.139. The number of carboxylic acids is 1. The number of rotatable bonds is 5. The Balaban J connectivity index is 2.48. The molecule has 1 heterocycles. The fraction of sp³-hybridized carbons (Fsp3) is 0.769. The summed E-state index contributed by atoms with van der Waals surface area (Å²) in [5, 5.41) is 14.3. The molecule has 1 aliphatic heterocycles. The molecule has 0 saturated carbocycles. The number of carbonyl (C=O) groups excluding carboxylic acids is 2. The van der Waals surface area contributed by atoms with Crippen molar-refractivity contribution in [3.63, 3.8) is 0 Å². The lowest BCUT2D eigenvalue weighted by Gasteiger charge is -2.22. The van der Waals surface area contributed by atoms with E-state index in [1.165, 1.54) is 12.0 Å². The fourth-order valence-electron chi connectivity index (χ4n) is 2.22. The lowest BCUT2D eigenvalue weighted by atomic mass is 10.0. The molecule has 1 aliphatic rings. The number of carboxylic acid groups (broad SMARTS) is 1. The van der Waals surface area contributed by atoms with Crippen molar-refractivity contribution in [1.29, 1.82) is 0 Å². The zero-order valence-corrected chi connectivity index (χ0v) is 12.6. The van der Waals surface area contributed by atoms with E-state index in [0.29, 0.717) is 25.9 Å². The van der Waals surface area contributed by atoms with Gasteiger partial charge in [0.2, 0.25) is 0 Å². The SMILES string of the molecule is COC(=O)NC1CCN(C(=O)N[C@H](CC(C)C)C(=O)O)C1. The van der Waals surface area contributed by atoms with Crippen molar-refractivity contribution in [2.75, 3.05) is 20.2 Å². The summed E-state index contributed by atoms with van der Waals surface area (Å²) in [7, 11) is 1.28. The minimum absolute atomic E-state index is 0.165. The number of methoxy groups -OCH3 is 1. The van der Waals surface area contributed by atoms with Crippen LogP contribution in [0.2, 0.25) is 0 Å². The van der Waals surface area contributed by atoms with Crippen LogP contribution >= 0.6 is 0 Å². The van der Waals surface area contributed by atoms with Crippen LogP contribution < -0.4 is 10.6 Å². The highest BCUT2D eigenvalue weighted by Crippen LogP contribution is 2.11. The number of likely N-dealkylation sites (tertiary alicyclic amines) is 1. The number of amides is 3. The summed E-state index contributed by atoms with van der Waals surface area (Å²) in [6, 6.07) is -1.49. The van der Waals surface area contributed by atoms with Gasteiger partial charge in [-0.05, 0) is 18.8 Å². The Morgan fingerprint density at radius 3 is 2.57 bits per heavy atom. The van der Waals surface area contributed by atoms with Gasteiger partial charge in [0.15, 0.2) is 0 Å². The minimum Gasteiger partial charge on any atom is -0.480 e. The summed E-state index contributed by atoms with van der Waals surface area (Å²) < 4.78 is 4.50. The van der Waals surface area contributed by atoms with Crippen molar-refractivity contribution in [3.05, 3.63) is 0 Å². The molecule has 3 amide bonds. The number of ether oxygens (including phenoxy) is 1. The summed E-state index contributed by atoms with van der Waals surface area (Å²) in [4.78, 5) is 35.8. The Morgan fingerprint density at radius 2 is 2.05 bits per heavy atom. The number of hydrogen-bond acceptors (Lipinski definition) is 4. The molecule has 1 rings (SSSR count). The summed E-state index contributed by atoms with van der Waals surface area (Å²) in [6.07, 6.45) is 0.453. The van der Waals surface area contributed by atoms with Gasteiger partial charge in [0.25, 0.3) is 0 Å². The first-order chi connectivity index (χ1) is 9.83. The first-order valence-corrected chi connectivity index (χ1v) is 6.96. The predicted octanol–water partition coefficient (Wildman–Crippen LogP) is 0.626. The average Bonchev–Trinajstić information content (AvgIpc) is 2.85. The highest BCUT2D eigenvalue weighted by atomic mass is 16.5. The van der Waals surface area contributed by atoms with E-state index in [1.807, 2.05) is 13.8 Å². The number of nitrogens with zero attached hydrogens (tertiary/aromatic N) is 1. The highest BCUT2D eigenvalue weighted by molar-refractivity contribution is 5.82. The molecular formula is C13H23N3O5. The zero-order valence-electron chi connectivity index (χ0n) is 12.6. The van der Waals surface area contributed by atoms with Gasteiger partial charge < -0.3 is 25.4 Å². The van der Waals surface area contributed by atoms with E-state index in [-0.39, 0.29) is 12.0 Å². The van der Waals surface area contributed by atoms with Crippen LogP contribution in [0.5, 0.6) is 0 Å². The van der Waals surface area contributed by atoms with Gasteiger partial charge >= 0.3 is 18.1 Å². The molecule has 0 aromatic heterocycles. The van der Waals surface area contributed by atoms with E-state index < -0.39 is 24.1 Å². The highest BCUT2D eigenvalue weighted by Gasteiger charge is 2.30. The van der Waals surface area contributed by atoms with E-state index >= 15 is 0 Å². The standard InChI is InChI=1S/C13H23N3O5/c1-8(2)6-10(11(17)18)15-12(19)16-5-4-9(7-16)14-13(20)21-3/h8-10H,4-7H2,1-3H3,(H,14,20)(H,15,19)(H,17,18)/t9?,10-/m1/s1. The number of urea groups is 1. The van der Waals surface area contributed by atoms with Crippen LogP contribution in [-0.4, -0.2) is 60.4 Å². The van der Waals surface area contributed by atoms with Crippen LogP contribution in [0.25, 0.3) is 0 Å². The summed E-state index contributed by atoms with van der Waals surface area (Å²) >= 11 is 0. The van der Waals surface area contributed by atoms with Crippen LogP contribution in [0.4, 0.5) is 9.59 Å². The molecule has 1 unspecified atom stereocenters. The molecule has 3 N–H and O–H groups in total. The molecule has 1 saturated heterocycles. The first-order valence-electron chi connectivity index (χ1n) is 6.96. The maximum absolute atomic E-state index is 12.1. The lowest BCUT2D eigenvalue weighted by Crippen LogP contribution is -2.48. The van der Waals surface area contributed by atoms with Crippen molar-refractivity contribution < 1.29 is 24.2 Å². The molecule has 0 spiro atoms. The molecule has 0 bridgehead atoms. The molecule has 0 radical (unpaired) electrons. The first kappa shape index (κ1) is 17.1. The monoisotopic (exact) mass is 301 g/mol.